The number of nitrogens with zero attached hydrogens (tertiary/aromatic N) is 3. The Morgan fingerprint density at radius 3 is 2.32 bits per heavy atom. The van der Waals surface area contributed by atoms with E-state index in [1.54, 1.807) is 0 Å². The molecule has 0 radical (unpaired) electrons. The van der Waals surface area contributed by atoms with Gasteiger partial charge in [0.1, 0.15) is 0 Å². The molecule has 0 aliphatic carbocycles. The van der Waals surface area contributed by atoms with Crippen LogP contribution < -0.4 is 21.3 Å². The highest BCUT2D eigenvalue weighted by atomic mass is 16.5. The fourth-order valence-corrected chi connectivity index (χ4v) is 1.22. The fraction of sp³-hybridized carbons (Fsp3) is 0.727. The summed E-state index contributed by atoms with van der Waals surface area (Å²) in [4.78, 5) is 12.2. The molecule has 0 aliphatic rings. The summed E-state index contributed by atoms with van der Waals surface area (Å²) in [6.45, 7) is 8.90. The SMILES string of the molecule is CC(C)OCCNc1nc(NN)nc(OC(C)C)n1. The monoisotopic (exact) mass is 270 g/mol. The second-order valence-corrected chi connectivity index (χ2v) is 4.42. The minimum Gasteiger partial charge on any atom is -0.461 e. The van der Waals surface area contributed by atoms with E-state index < -0.39 is 0 Å². The van der Waals surface area contributed by atoms with Crippen LogP contribution in [0.4, 0.5) is 11.9 Å². The summed E-state index contributed by atoms with van der Waals surface area (Å²) in [5.74, 6) is 5.94. The third-order valence-corrected chi connectivity index (χ3v) is 1.92. The van der Waals surface area contributed by atoms with Gasteiger partial charge in [0.15, 0.2) is 0 Å². The zero-order valence-corrected chi connectivity index (χ0v) is 11.8. The lowest BCUT2D eigenvalue weighted by Gasteiger charge is -2.11. The molecule has 4 N–H and O–H groups in total. The van der Waals surface area contributed by atoms with Crippen molar-refractivity contribution in [3.05, 3.63) is 0 Å². The van der Waals surface area contributed by atoms with Crippen molar-refractivity contribution in [1.82, 2.24) is 15.0 Å². The molecule has 1 aromatic rings. The van der Waals surface area contributed by atoms with E-state index in [1.165, 1.54) is 0 Å². The summed E-state index contributed by atoms with van der Waals surface area (Å²) in [6, 6.07) is 0.227. The summed E-state index contributed by atoms with van der Waals surface area (Å²) in [6.07, 6.45) is 0.173. The average molecular weight is 270 g/mol. The molecule has 0 saturated heterocycles. The van der Waals surface area contributed by atoms with Gasteiger partial charge in [0.25, 0.3) is 0 Å². The van der Waals surface area contributed by atoms with Crippen LogP contribution in [-0.4, -0.2) is 40.3 Å². The molecule has 0 fully saturated rings. The third-order valence-electron chi connectivity index (χ3n) is 1.92. The van der Waals surface area contributed by atoms with E-state index in [4.69, 9.17) is 15.3 Å². The number of nitrogens with two attached hydrogens (primary N) is 1. The van der Waals surface area contributed by atoms with Crippen molar-refractivity contribution in [3.8, 4) is 6.01 Å². The molecule has 8 nitrogen and oxygen atoms in total. The van der Waals surface area contributed by atoms with E-state index in [1.807, 2.05) is 27.7 Å². The maximum atomic E-state index is 5.41. The predicted octanol–water partition coefficient (Wildman–Crippen LogP) is 0.781. The molecule has 0 aromatic carbocycles. The van der Waals surface area contributed by atoms with Crippen LogP contribution in [0.5, 0.6) is 6.01 Å². The van der Waals surface area contributed by atoms with Crippen LogP contribution in [-0.2, 0) is 4.74 Å². The normalized spacial score (nSPS) is 10.9. The van der Waals surface area contributed by atoms with Crippen LogP contribution in [0.25, 0.3) is 0 Å². The predicted molar refractivity (Wildman–Crippen MR) is 73.0 cm³/mol. The van der Waals surface area contributed by atoms with E-state index in [0.717, 1.165) is 0 Å². The van der Waals surface area contributed by atoms with Crippen LogP contribution >= 0.6 is 0 Å². The summed E-state index contributed by atoms with van der Waals surface area (Å²) < 4.78 is 10.8. The van der Waals surface area contributed by atoms with Crippen molar-refractivity contribution in [3.63, 3.8) is 0 Å². The molecular weight excluding hydrogens is 248 g/mol. The van der Waals surface area contributed by atoms with Crippen LogP contribution in [0.3, 0.4) is 0 Å². The first kappa shape index (κ1) is 15.4. The molecule has 1 aromatic heterocycles. The molecule has 0 saturated carbocycles. The number of hydrogen-bond acceptors (Lipinski definition) is 8. The summed E-state index contributed by atoms with van der Waals surface area (Å²) in [7, 11) is 0. The van der Waals surface area contributed by atoms with Gasteiger partial charge < -0.3 is 14.8 Å². The quantitative estimate of drug-likeness (QED) is 0.361. The van der Waals surface area contributed by atoms with Gasteiger partial charge in [0, 0.05) is 6.54 Å². The van der Waals surface area contributed by atoms with Crippen molar-refractivity contribution >= 4 is 11.9 Å². The number of aromatic nitrogens is 3. The summed E-state index contributed by atoms with van der Waals surface area (Å²) in [5.41, 5.74) is 2.38. The molecule has 19 heavy (non-hydrogen) atoms. The minimum absolute atomic E-state index is 0.0230. The van der Waals surface area contributed by atoms with Crippen molar-refractivity contribution in [1.29, 1.82) is 0 Å². The van der Waals surface area contributed by atoms with E-state index in [2.05, 4.69) is 25.7 Å². The first-order valence-electron chi connectivity index (χ1n) is 6.26. The molecule has 0 amide bonds. The lowest BCUT2D eigenvalue weighted by molar-refractivity contribution is 0.0869. The lowest BCUT2D eigenvalue weighted by atomic mass is 10.5. The minimum atomic E-state index is -0.0230. The van der Waals surface area contributed by atoms with E-state index in [0.29, 0.717) is 19.1 Å². The van der Waals surface area contributed by atoms with Gasteiger partial charge in [0.05, 0.1) is 18.8 Å². The Morgan fingerprint density at radius 1 is 1.05 bits per heavy atom. The largest absolute Gasteiger partial charge is 0.461 e. The Morgan fingerprint density at radius 2 is 1.74 bits per heavy atom. The number of hydrazine groups is 1. The molecule has 0 bridgehead atoms. The molecule has 8 heteroatoms. The van der Waals surface area contributed by atoms with Gasteiger partial charge in [0.2, 0.25) is 11.9 Å². The number of ether oxygens (including phenoxy) is 2. The Kier molecular flexibility index (Phi) is 6.23. The molecule has 0 aliphatic heterocycles. The number of nitrogens with one attached hydrogen (secondary N) is 2. The molecule has 0 atom stereocenters. The van der Waals surface area contributed by atoms with E-state index >= 15 is 0 Å². The Labute approximate surface area is 113 Å². The second-order valence-electron chi connectivity index (χ2n) is 4.42. The standard InChI is InChI=1S/C11H22N6O2/c1-7(2)18-6-5-13-9-14-10(17-12)16-11(15-9)19-8(3)4/h7-8H,5-6,12H2,1-4H3,(H2,13,14,15,16,17). The third kappa shape index (κ3) is 6.16. The van der Waals surface area contributed by atoms with Crippen LogP contribution in [0.1, 0.15) is 27.7 Å². The molecule has 1 heterocycles. The topological polar surface area (TPSA) is 107 Å². The molecular formula is C11H22N6O2. The van der Waals surface area contributed by atoms with Crippen LogP contribution in [0.2, 0.25) is 0 Å². The number of rotatable bonds is 8. The average Bonchev–Trinajstić information content (AvgIpc) is 2.33. The first-order valence-corrected chi connectivity index (χ1v) is 6.26. The van der Waals surface area contributed by atoms with Crippen molar-refractivity contribution in [2.45, 2.75) is 39.9 Å². The van der Waals surface area contributed by atoms with Crippen LogP contribution in [0, 0.1) is 0 Å². The van der Waals surface area contributed by atoms with Crippen LogP contribution in [0.15, 0.2) is 0 Å². The lowest BCUT2D eigenvalue weighted by Crippen LogP contribution is -2.18. The Hall–Kier alpha value is -1.67. The van der Waals surface area contributed by atoms with Gasteiger partial charge in [-0.15, -0.1) is 0 Å². The first-order chi connectivity index (χ1) is 9.01. The Bertz CT molecular complexity index is 385. The van der Waals surface area contributed by atoms with Crippen molar-refractivity contribution in [2.75, 3.05) is 23.9 Å². The van der Waals surface area contributed by atoms with Gasteiger partial charge >= 0.3 is 6.01 Å². The second kappa shape index (κ2) is 7.70. The maximum Gasteiger partial charge on any atom is 0.323 e. The number of anilines is 2. The summed E-state index contributed by atoms with van der Waals surface area (Å²) in [5, 5.41) is 3.03. The van der Waals surface area contributed by atoms with Crippen molar-refractivity contribution in [2.24, 2.45) is 5.84 Å². The highest BCUT2D eigenvalue weighted by molar-refractivity contribution is 5.34. The molecule has 0 spiro atoms. The molecule has 0 unspecified atom stereocenters. The van der Waals surface area contributed by atoms with E-state index in [9.17, 15) is 0 Å². The summed E-state index contributed by atoms with van der Waals surface area (Å²) >= 11 is 0. The van der Waals surface area contributed by atoms with Gasteiger partial charge in [-0.2, -0.15) is 15.0 Å². The smallest absolute Gasteiger partial charge is 0.323 e. The van der Waals surface area contributed by atoms with Crippen molar-refractivity contribution < 1.29 is 9.47 Å². The Balaban J connectivity index is 2.60. The van der Waals surface area contributed by atoms with Gasteiger partial charge in [-0.1, -0.05) is 0 Å². The maximum absolute atomic E-state index is 5.41. The molecule has 108 valence electrons. The fourth-order valence-electron chi connectivity index (χ4n) is 1.22. The number of hydrogen-bond donors (Lipinski definition) is 3. The van der Waals surface area contributed by atoms with Gasteiger partial charge in [-0.3, -0.25) is 5.43 Å². The highest BCUT2D eigenvalue weighted by Gasteiger charge is 2.08. The number of nitrogen functional groups attached to an aromatic ring is 1. The highest BCUT2D eigenvalue weighted by Crippen LogP contribution is 2.11. The van der Waals surface area contributed by atoms with E-state index in [-0.39, 0.29) is 24.2 Å². The zero-order chi connectivity index (χ0) is 14.3. The molecule has 1 rings (SSSR count). The van der Waals surface area contributed by atoms with Gasteiger partial charge in [-0.25, -0.2) is 5.84 Å². The zero-order valence-electron chi connectivity index (χ0n) is 11.8. The van der Waals surface area contributed by atoms with Gasteiger partial charge in [-0.05, 0) is 27.7 Å².